The molecule has 15 heavy (non-hydrogen) atoms. The van der Waals surface area contributed by atoms with Crippen molar-refractivity contribution < 1.29 is 9.13 Å². The number of rotatable bonds is 2. The van der Waals surface area contributed by atoms with Crippen LogP contribution >= 0.6 is 0 Å². The van der Waals surface area contributed by atoms with E-state index in [0.717, 1.165) is 18.4 Å². The third-order valence-electron chi connectivity index (χ3n) is 3.22. The maximum atomic E-state index is 13.8. The van der Waals surface area contributed by atoms with E-state index in [9.17, 15) is 4.39 Å². The molecule has 0 N–H and O–H groups in total. The van der Waals surface area contributed by atoms with Crippen LogP contribution in [0, 0.1) is 19.7 Å². The summed E-state index contributed by atoms with van der Waals surface area (Å²) in [7, 11) is 0. The molecule has 1 aliphatic carbocycles. The van der Waals surface area contributed by atoms with E-state index >= 15 is 0 Å². The Labute approximate surface area is 90.3 Å². The van der Waals surface area contributed by atoms with Crippen molar-refractivity contribution in [1.29, 1.82) is 0 Å². The van der Waals surface area contributed by atoms with E-state index < -0.39 is 0 Å². The molecular weight excluding hydrogens is 191 g/mol. The summed E-state index contributed by atoms with van der Waals surface area (Å²) in [5, 5.41) is 0. The van der Waals surface area contributed by atoms with Gasteiger partial charge in [0.25, 0.3) is 0 Å². The molecule has 0 spiro atoms. The van der Waals surface area contributed by atoms with Crippen molar-refractivity contribution in [3.63, 3.8) is 0 Å². The Balaban J connectivity index is 2.17. The van der Waals surface area contributed by atoms with Gasteiger partial charge in [-0.1, -0.05) is 6.07 Å². The van der Waals surface area contributed by atoms with Crippen LogP contribution in [0.25, 0.3) is 0 Å². The lowest BCUT2D eigenvalue weighted by Gasteiger charge is -2.15. The van der Waals surface area contributed by atoms with Crippen LogP contribution in [-0.4, -0.2) is 6.10 Å². The van der Waals surface area contributed by atoms with Crippen molar-refractivity contribution in [2.75, 3.05) is 0 Å². The molecule has 0 amide bonds. The molecule has 0 saturated heterocycles. The van der Waals surface area contributed by atoms with Crippen LogP contribution in [0.4, 0.5) is 4.39 Å². The van der Waals surface area contributed by atoms with Gasteiger partial charge in [0.2, 0.25) is 0 Å². The Morgan fingerprint density at radius 3 is 2.53 bits per heavy atom. The topological polar surface area (TPSA) is 9.23 Å². The molecule has 82 valence electrons. The van der Waals surface area contributed by atoms with E-state index in [1.54, 1.807) is 13.0 Å². The molecule has 2 heteroatoms. The number of hydrogen-bond acceptors (Lipinski definition) is 1. The van der Waals surface area contributed by atoms with Crippen molar-refractivity contribution in [1.82, 2.24) is 0 Å². The third-order valence-corrected chi connectivity index (χ3v) is 3.22. The van der Waals surface area contributed by atoms with E-state index in [-0.39, 0.29) is 11.9 Å². The zero-order valence-electron chi connectivity index (χ0n) is 9.35. The molecule has 1 aromatic rings. The standard InChI is InChI=1S/C13H17FO/c1-9-7-8-12(13(14)10(9)2)15-11-5-3-4-6-11/h7-8,11H,3-6H2,1-2H3. The van der Waals surface area contributed by atoms with Crippen LogP contribution < -0.4 is 4.74 Å². The molecule has 0 aliphatic heterocycles. The van der Waals surface area contributed by atoms with E-state index in [4.69, 9.17) is 4.74 Å². The van der Waals surface area contributed by atoms with Crippen LogP contribution in [0.15, 0.2) is 12.1 Å². The quantitative estimate of drug-likeness (QED) is 0.719. The number of benzene rings is 1. The zero-order chi connectivity index (χ0) is 10.8. The molecule has 0 aromatic heterocycles. The Hall–Kier alpha value is -1.05. The van der Waals surface area contributed by atoms with Gasteiger partial charge >= 0.3 is 0 Å². The molecule has 0 heterocycles. The minimum atomic E-state index is -0.193. The number of ether oxygens (including phenoxy) is 1. The SMILES string of the molecule is Cc1ccc(OC2CCCC2)c(F)c1C. The van der Waals surface area contributed by atoms with E-state index in [1.807, 2.05) is 13.0 Å². The van der Waals surface area contributed by atoms with Gasteiger partial charge in [0.1, 0.15) is 0 Å². The lowest BCUT2D eigenvalue weighted by molar-refractivity contribution is 0.200. The zero-order valence-corrected chi connectivity index (χ0v) is 9.35. The molecule has 0 atom stereocenters. The van der Waals surface area contributed by atoms with Gasteiger partial charge in [-0.25, -0.2) is 4.39 Å². The summed E-state index contributed by atoms with van der Waals surface area (Å²) in [4.78, 5) is 0. The average Bonchev–Trinajstić information content (AvgIpc) is 2.72. The Morgan fingerprint density at radius 2 is 1.87 bits per heavy atom. The van der Waals surface area contributed by atoms with Crippen LogP contribution in [0.1, 0.15) is 36.8 Å². The van der Waals surface area contributed by atoms with Crippen LogP contribution in [0.2, 0.25) is 0 Å². The first-order valence-electron chi connectivity index (χ1n) is 5.61. The molecule has 2 rings (SSSR count). The number of hydrogen-bond donors (Lipinski definition) is 0. The number of halogens is 1. The van der Waals surface area contributed by atoms with E-state index in [2.05, 4.69) is 0 Å². The van der Waals surface area contributed by atoms with Gasteiger partial charge in [-0.15, -0.1) is 0 Å². The molecule has 1 fully saturated rings. The van der Waals surface area contributed by atoms with E-state index in [1.165, 1.54) is 12.8 Å². The second-order valence-electron chi connectivity index (χ2n) is 4.34. The highest BCUT2D eigenvalue weighted by molar-refractivity contribution is 5.36. The van der Waals surface area contributed by atoms with Gasteiger partial charge in [-0.05, 0) is 56.7 Å². The fourth-order valence-electron chi connectivity index (χ4n) is 2.03. The fourth-order valence-corrected chi connectivity index (χ4v) is 2.03. The predicted molar refractivity (Wildman–Crippen MR) is 58.8 cm³/mol. The molecule has 0 bridgehead atoms. The summed E-state index contributed by atoms with van der Waals surface area (Å²) in [5.41, 5.74) is 1.68. The van der Waals surface area contributed by atoms with Gasteiger partial charge in [0.15, 0.2) is 11.6 Å². The Morgan fingerprint density at radius 1 is 1.20 bits per heavy atom. The van der Waals surface area contributed by atoms with Crippen LogP contribution in [-0.2, 0) is 0 Å². The van der Waals surface area contributed by atoms with Gasteiger partial charge in [0, 0.05) is 0 Å². The summed E-state index contributed by atoms with van der Waals surface area (Å²) in [6.45, 7) is 3.71. The smallest absolute Gasteiger partial charge is 0.168 e. The van der Waals surface area contributed by atoms with Gasteiger partial charge < -0.3 is 4.74 Å². The maximum Gasteiger partial charge on any atom is 0.168 e. The van der Waals surface area contributed by atoms with Crippen molar-refractivity contribution in [3.8, 4) is 5.75 Å². The monoisotopic (exact) mass is 208 g/mol. The normalized spacial score (nSPS) is 17.0. The summed E-state index contributed by atoms with van der Waals surface area (Å²) in [6.07, 6.45) is 4.76. The van der Waals surface area contributed by atoms with E-state index in [0.29, 0.717) is 11.3 Å². The van der Waals surface area contributed by atoms with Gasteiger partial charge in [-0.3, -0.25) is 0 Å². The second-order valence-corrected chi connectivity index (χ2v) is 4.34. The molecule has 0 radical (unpaired) electrons. The molecule has 1 aromatic carbocycles. The summed E-state index contributed by atoms with van der Waals surface area (Å²) < 4.78 is 19.5. The minimum Gasteiger partial charge on any atom is -0.487 e. The van der Waals surface area contributed by atoms with Crippen LogP contribution in [0.3, 0.4) is 0 Å². The first kappa shape index (κ1) is 10.5. The second kappa shape index (κ2) is 4.21. The molecular formula is C13H17FO. The Kier molecular flexibility index (Phi) is 2.94. The largest absolute Gasteiger partial charge is 0.487 e. The highest BCUT2D eigenvalue weighted by Gasteiger charge is 2.18. The predicted octanol–water partition coefficient (Wildman–Crippen LogP) is 3.76. The summed E-state index contributed by atoms with van der Waals surface area (Å²) in [6, 6.07) is 3.67. The first-order chi connectivity index (χ1) is 7.18. The first-order valence-corrected chi connectivity index (χ1v) is 5.61. The van der Waals surface area contributed by atoms with Crippen molar-refractivity contribution in [3.05, 3.63) is 29.1 Å². The molecule has 1 nitrogen and oxygen atoms in total. The van der Waals surface area contributed by atoms with Crippen molar-refractivity contribution in [2.45, 2.75) is 45.6 Å². The number of aryl methyl sites for hydroxylation is 1. The lowest BCUT2D eigenvalue weighted by Crippen LogP contribution is -2.12. The fraction of sp³-hybridized carbons (Fsp3) is 0.538. The van der Waals surface area contributed by atoms with Gasteiger partial charge in [0.05, 0.1) is 6.10 Å². The minimum absolute atomic E-state index is 0.193. The van der Waals surface area contributed by atoms with Crippen molar-refractivity contribution in [2.24, 2.45) is 0 Å². The molecule has 1 saturated carbocycles. The Bertz CT molecular complexity index is 354. The third kappa shape index (κ3) is 2.14. The molecule has 1 aliphatic rings. The van der Waals surface area contributed by atoms with Gasteiger partial charge in [-0.2, -0.15) is 0 Å². The highest BCUT2D eigenvalue weighted by atomic mass is 19.1. The van der Waals surface area contributed by atoms with Crippen molar-refractivity contribution >= 4 is 0 Å². The molecule has 0 unspecified atom stereocenters. The highest BCUT2D eigenvalue weighted by Crippen LogP contribution is 2.28. The summed E-state index contributed by atoms with van der Waals surface area (Å²) in [5.74, 6) is 0.229. The lowest BCUT2D eigenvalue weighted by atomic mass is 10.1. The average molecular weight is 208 g/mol. The summed E-state index contributed by atoms with van der Waals surface area (Å²) >= 11 is 0. The van der Waals surface area contributed by atoms with Crippen LogP contribution in [0.5, 0.6) is 5.75 Å². The maximum absolute atomic E-state index is 13.8.